The normalized spacial score (nSPS) is 41.7. The minimum absolute atomic E-state index is 0.135. The van der Waals surface area contributed by atoms with E-state index in [1.807, 2.05) is 0 Å². The van der Waals surface area contributed by atoms with Crippen LogP contribution in [0.1, 0.15) is 78.6 Å². The molecule has 3 saturated carbocycles. The van der Waals surface area contributed by atoms with Crippen molar-refractivity contribution in [2.75, 3.05) is 19.7 Å². The zero-order chi connectivity index (χ0) is 24.1. The topological polar surface area (TPSA) is 76.7 Å². The summed E-state index contributed by atoms with van der Waals surface area (Å²) in [6, 6.07) is 0. The Balaban J connectivity index is 1.49. The second kappa shape index (κ2) is 9.09. The summed E-state index contributed by atoms with van der Waals surface area (Å²) in [5.41, 5.74) is 6.90. The molecule has 7 atom stereocenters. The first kappa shape index (κ1) is 24.1. The third-order valence-electron chi connectivity index (χ3n) is 10.2. The van der Waals surface area contributed by atoms with Crippen LogP contribution in [0.3, 0.4) is 0 Å². The maximum absolute atomic E-state index is 12.9. The highest BCUT2D eigenvalue weighted by Crippen LogP contribution is 2.67. The monoisotopic (exact) mass is 470 g/mol. The molecule has 6 nitrogen and oxygen atoms in total. The number of hydrogen-bond acceptors (Lipinski definition) is 6. The Kier molecular flexibility index (Phi) is 6.43. The van der Waals surface area contributed by atoms with Crippen LogP contribution in [0.25, 0.3) is 0 Å². The highest BCUT2D eigenvalue weighted by molar-refractivity contribution is 5.87. The lowest BCUT2D eigenvalue weighted by Crippen LogP contribution is -2.57. The highest BCUT2D eigenvalue weighted by atomic mass is 16.7. The molecule has 7 unspecified atom stereocenters. The Bertz CT molecular complexity index is 891. The average Bonchev–Trinajstić information content (AvgIpc) is 3.44. The molecular weight excluding hydrogens is 428 g/mol. The van der Waals surface area contributed by atoms with Gasteiger partial charge in [0.05, 0.1) is 12.7 Å². The van der Waals surface area contributed by atoms with Gasteiger partial charge in [-0.2, -0.15) is 0 Å². The highest BCUT2D eigenvalue weighted by Gasteiger charge is 2.63. The van der Waals surface area contributed by atoms with Gasteiger partial charge in [0.15, 0.2) is 0 Å². The molecule has 1 saturated heterocycles. The van der Waals surface area contributed by atoms with E-state index in [0.29, 0.717) is 30.1 Å². The Hall–Kier alpha value is -1.66. The van der Waals surface area contributed by atoms with Crippen molar-refractivity contribution < 1.29 is 19.2 Å². The number of hydroxylamine groups is 1. The number of nitrogens with one attached hydrogen (secondary N) is 2. The maximum Gasteiger partial charge on any atom is 0.302 e. The summed E-state index contributed by atoms with van der Waals surface area (Å²) >= 11 is 0. The lowest BCUT2D eigenvalue weighted by atomic mass is 9.43. The van der Waals surface area contributed by atoms with Crippen LogP contribution < -0.4 is 10.8 Å². The SMILES string of the molecule is C=C1CC2C3CCC(=O)C3(C)CCC2C2(COC(C)=O)CCC(NOC3CCNC3)=C(CC)C12. The van der Waals surface area contributed by atoms with Gasteiger partial charge in [0.2, 0.25) is 0 Å². The summed E-state index contributed by atoms with van der Waals surface area (Å²) in [4.78, 5) is 30.9. The molecule has 0 amide bonds. The van der Waals surface area contributed by atoms with E-state index < -0.39 is 0 Å². The molecule has 4 fully saturated rings. The van der Waals surface area contributed by atoms with E-state index >= 15 is 0 Å². The summed E-state index contributed by atoms with van der Waals surface area (Å²) in [6.07, 6.45) is 8.73. The second-order valence-electron chi connectivity index (χ2n) is 11.8. The number of ketones is 1. The molecule has 4 aliphatic carbocycles. The van der Waals surface area contributed by atoms with Crippen LogP contribution in [0, 0.1) is 34.5 Å². The van der Waals surface area contributed by atoms with Gasteiger partial charge in [0.25, 0.3) is 0 Å². The van der Waals surface area contributed by atoms with Gasteiger partial charge in [-0.1, -0.05) is 26.0 Å². The fourth-order valence-electron chi connectivity index (χ4n) is 8.63. The van der Waals surface area contributed by atoms with Crippen molar-refractivity contribution in [3.8, 4) is 0 Å². The van der Waals surface area contributed by atoms with Crippen molar-refractivity contribution in [1.82, 2.24) is 10.8 Å². The summed E-state index contributed by atoms with van der Waals surface area (Å²) in [5.74, 6) is 1.78. The van der Waals surface area contributed by atoms with Crippen LogP contribution >= 0.6 is 0 Å². The van der Waals surface area contributed by atoms with Gasteiger partial charge in [-0.05, 0) is 81.2 Å². The van der Waals surface area contributed by atoms with E-state index in [1.54, 1.807) is 0 Å². The number of carbonyl (C=O) groups is 2. The van der Waals surface area contributed by atoms with Crippen molar-refractivity contribution in [2.45, 2.75) is 84.7 Å². The molecule has 5 aliphatic rings. The van der Waals surface area contributed by atoms with Crippen molar-refractivity contribution in [2.24, 2.45) is 34.5 Å². The molecule has 188 valence electrons. The van der Waals surface area contributed by atoms with Crippen molar-refractivity contribution >= 4 is 11.8 Å². The van der Waals surface area contributed by atoms with Crippen LogP contribution in [0.4, 0.5) is 0 Å². The van der Waals surface area contributed by atoms with E-state index in [1.165, 1.54) is 23.8 Å². The Morgan fingerprint density at radius 2 is 2.03 bits per heavy atom. The minimum atomic E-state index is -0.208. The van der Waals surface area contributed by atoms with Gasteiger partial charge in [-0.25, -0.2) is 0 Å². The molecule has 1 aliphatic heterocycles. The predicted molar refractivity (Wildman–Crippen MR) is 130 cm³/mol. The van der Waals surface area contributed by atoms with Crippen LogP contribution in [0.2, 0.25) is 0 Å². The van der Waals surface area contributed by atoms with E-state index in [9.17, 15) is 9.59 Å². The van der Waals surface area contributed by atoms with E-state index in [-0.39, 0.29) is 28.8 Å². The van der Waals surface area contributed by atoms with Crippen molar-refractivity contribution in [1.29, 1.82) is 0 Å². The maximum atomic E-state index is 12.9. The molecule has 0 aromatic carbocycles. The number of carbonyl (C=O) groups excluding carboxylic acids is 2. The number of rotatable bonds is 6. The summed E-state index contributed by atoms with van der Waals surface area (Å²) in [5, 5.41) is 3.36. The van der Waals surface area contributed by atoms with Crippen molar-refractivity contribution in [3.63, 3.8) is 0 Å². The van der Waals surface area contributed by atoms with Crippen LogP contribution in [0.15, 0.2) is 23.4 Å². The number of esters is 1. The summed E-state index contributed by atoms with van der Waals surface area (Å²) < 4.78 is 5.84. The van der Waals surface area contributed by atoms with E-state index in [4.69, 9.17) is 9.57 Å². The Morgan fingerprint density at radius 1 is 1.21 bits per heavy atom. The third-order valence-corrected chi connectivity index (χ3v) is 10.2. The van der Waals surface area contributed by atoms with Crippen molar-refractivity contribution in [3.05, 3.63) is 23.4 Å². The number of hydrogen-bond donors (Lipinski definition) is 2. The zero-order valence-electron chi connectivity index (χ0n) is 21.2. The molecule has 0 bridgehead atoms. The number of ether oxygens (including phenoxy) is 1. The molecule has 1 heterocycles. The standard InChI is InChI=1S/C28H42N2O4/c1-5-20-24(30-34-19-10-13-29-15-19)9-12-28(16-33-18(3)31)23-8-11-27(4)22(6-7-25(27)32)21(23)14-17(2)26(20)28/h19,21-23,26,29-30H,2,5-16H2,1,3-4H3. The average molecular weight is 471 g/mol. The summed E-state index contributed by atoms with van der Waals surface area (Å²) in [7, 11) is 0. The second-order valence-corrected chi connectivity index (χ2v) is 11.8. The quantitative estimate of drug-likeness (QED) is 0.339. The molecule has 34 heavy (non-hydrogen) atoms. The van der Waals surface area contributed by atoms with Gasteiger partial charge in [-0.15, -0.1) is 0 Å². The molecule has 6 heteroatoms. The van der Waals surface area contributed by atoms with E-state index in [0.717, 1.165) is 70.9 Å². The summed E-state index contributed by atoms with van der Waals surface area (Å²) in [6.45, 7) is 12.9. The molecule has 0 aromatic heterocycles. The molecule has 0 radical (unpaired) electrons. The largest absolute Gasteiger partial charge is 0.465 e. The molecule has 0 spiro atoms. The van der Waals surface area contributed by atoms with Crippen LogP contribution in [-0.4, -0.2) is 37.6 Å². The number of Topliss-reactive ketones (excluding diaryl/α,β-unsaturated/α-hetero) is 1. The Labute approximate surface area is 204 Å². The third kappa shape index (κ3) is 3.76. The molecule has 2 N–H and O–H groups in total. The fourth-order valence-corrected chi connectivity index (χ4v) is 8.63. The first-order valence-electron chi connectivity index (χ1n) is 13.5. The van der Waals surface area contributed by atoms with Gasteiger partial charge >= 0.3 is 5.97 Å². The van der Waals surface area contributed by atoms with Crippen LogP contribution in [0.5, 0.6) is 0 Å². The number of allylic oxidation sites excluding steroid dienone is 3. The zero-order valence-corrected chi connectivity index (χ0v) is 21.2. The number of fused-ring (bicyclic) bond motifs is 5. The predicted octanol–water partition coefficient (Wildman–Crippen LogP) is 4.46. The van der Waals surface area contributed by atoms with Gasteiger partial charge in [0.1, 0.15) is 5.78 Å². The Morgan fingerprint density at radius 3 is 2.74 bits per heavy atom. The lowest BCUT2D eigenvalue weighted by molar-refractivity contribution is -0.157. The smallest absolute Gasteiger partial charge is 0.302 e. The minimum Gasteiger partial charge on any atom is -0.465 e. The van der Waals surface area contributed by atoms with E-state index in [2.05, 4.69) is 31.2 Å². The molecule has 0 aromatic rings. The first-order valence-corrected chi connectivity index (χ1v) is 13.5. The molecular formula is C28H42N2O4. The first-order chi connectivity index (χ1) is 16.3. The van der Waals surface area contributed by atoms with Gasteiger partial charge in [0, 0.05) is 42.3 Å². The molecule has 5 rings (SSSR count). The van der Waals surface area contributed by atoms with Crippen LogP contribution in [-0.2, 0) is 19.2 Å². The van der Waals surface area contributed by atoms with Gasteiger partial charge < -0.3 is 10.1 Å². The van der Waals surface area contributed by atoms with Gasteiger partial charge in [-0.3, -0.25) is 19.9 Å². The fraction of sp³-hybridized carbons (Fsp3) is 0.786. The lowest BCUT2D eigenvalue weighted by Gasteiger charge is -2.61.